The Morgan fingerprint density at radius 2 is 1.79 bits per heavy atom. The first-order valence-electron chi connectivity index (χ1n) is 11.6. The van der Waals surface area contributed by atoms with E-state index >= 15 is 0 Å². The Hall–Kier alpha value is -1.34. The molecule has 1 amide bonds. The van der Waals surface area contributed by atoms with Crippen molar-refractivity contribution in [2.45, 2.75) is 51.4 Å². The number of hydrogen-bond donors (Lipinski definition) is 2. The molecular weight excluding hydrogens is 366 g/mol. The van der Waals surface area contributed by atoms with Gasteiger partial charge in [-0.05, 0) is 31.6 Å². The van der Waals surface area contributed by atoms with Crippen LogP contribution in [0.2, 0.25) is 0 Å². The van der Waals surface area contributed by atoms with Crippen molar-refractivity contribution in [3.8, 4) is 0 Å². The summed E-state index contributed by atoms with van der Waals surface area (Å²) < 4.78 is 5.55. The Morgan fingerprint density at radius 1 is 1.10 bits per heavy atom. The first-order chi connectivity index (χ1) is 14.1. The Labute approximate surface area is 176 Å². The molecule has 0 aromatic rings. The van der Waals surface area contributed by atoms with Crippen LogP contribution in [-0.4, -0.2) is 88.2 Å². The van der Waals surface area contributed by atoms with Crippen LogP contribution in [-0.2, 0) is 9.53 Å². The highest BCUT2D eigenvalue weighted by Crippen LogP contribution is 2.37. The zero-order chi connectivity index (χ0) is 20.5. The topological polar surface area (TPSA) is 69.2 Å². The molecule has 0 radical (unpaired) electrons. The molecule has 2 heterocycles. The molecule has 0 spiro atoms. The number of carbonyl (C=O) groups is 1. The molecule has 3 aliphatic rings. The maximum atomic E-state index is 11.7. The zero-order valence-corrected chi connectivity index (χ0v) is 18.5. The van der Waals surface area contributed by atoms with Crippen LogP contribution in [0.4, 0.5) is 0 Å². The number of rotatable bonds is 6. The molecule has 2 aliphatic heterocycles. The molecule has 0 bridgehead atoms. The number of likely N-dealkylation sites (tertiary alicyclic amines) is 1. The van der Waals surface area contributed by atoms with E-state index in [1.54, 1.807) is 7.05 Å². The lowest BCUT2D eigenvalue weighted by Crippen LogP contribution is -2.52. The van der Waals surface area contributed by atoms with E-state index in [0.717, 1.165) is 64.7 Å². The minimum Gasteiger partial charge on any atom is -0.379 e. The molecule has 166 valence electrons. The minimum absolute atomic E-state index is 0.160. The SMILES string of the molecule is CN=C(NCC1(CN2CCOCC2)CCCCC1)N1CCC(CC(=O)NC)CC1. The van der Waals surface area contributed by atoms with Crippen LogP contribution >= 0.6 is 0 Å². The highest BCUT2D eigenvalue weighted by atomic mass is 16.5. The average Bonchev–Trinajstić information content (AvgIpc) is 2.76. The fourth-order valence-electron chi connectivity index (χ4n) is 5.24. The number of nitrogens with zero attached hydrogens (tertiary/aromatic N) is 3. The molecule has 0 aromatic heterocycles. The van der Waals surface area contributed by atoms with Crippen molar-refractivity contribution in [2.24, 2.45) is 16.3 Å². The highest BCUT2D eigenvalue weighted by molar-refractivity contribution is 5.80. The van der Waals surface area contributed by atoms with Gasteiger partial charge in [-0.2, -0.15) is 0 Å². The van der Waals surface area contributed by atoms with Gasteiger partial charge in [0, 0.05) is 65.2 Å². The third-order valence-electron chi connectivity index (χ3n) is 7.08. The Balaban J connectivity index is 1.51. The van der Waals surface area contributed by atoms with Gasteiger partial charge in [0.1, 0.15) is 0 Å². The van der Waals surface area contributed by atoms with Crippen LogP contribution in [0.5, 0.6) is 0 Å². The Bertz CT molecular complexity index is 533. The largest absolute Gasteiger partial charge is 0.379 e. The van der Waals surface area contributed by atoms with Crippen LogP contribution in [0.15, 0.2) is 4.99 Å². The quantitative estimate of drug-likeness (QED) is 0.518. The lowest BCUT2D eigenvalue weighted by molar-refractivity contribution is -0.121. The van der Waals surface area contributed by atoms with Gasteiger partial charge < -0.3 is 20.3 Å². The molecule has 7 heteroatoms. The molecule has 2 N–H and O–H groups in total. The fraction of sp³-hybridized carbons (Fsp3) is 0.909. The van der Waals surface area contributed by atoms with Crippen molar-refractivity contribution in [1.82, 2.24) is 20.4 Å². The monoisotopic (exact) mass is 407 g/mol. The van der Waals surface area contributed by atoms with E-state index in [1.165, 1.54) is 38.6 Å². The van der Waals surface area contributed by atoms with Gasteiger partial charge in [0.05, 0.1) is 13.2 Å². The molecule has 3 fully saturated rings. The van der Waals surface area contributed by atoms with Crippen molar-refractivity contribution in [2.75, 3.05) is 66.6 Å². The lowest BCUT2D eigenvalue weighted by atomic mass is 9.73. The number of aliphatic imine (C=N–C) groups is 1. The van der Waals surface area contributed by atoms with E-state index in [4.69, 9.17) is 4.74 Å². The van der Waals surface area contributed by atoms with Gasteiger partial charge in [-0.3, -0.25) is 14.7 Å². The molecule has 1 saturated carbocycles. The first-order valence-corrected chi connectivity index (χ1v) is 11.6. The summed E-state index contributed by atoms with van der Waals surface area (Å²) in [6.07, 6.45) is 9.45. The second-order valence-electron chi connectivity index (χ2n) is 9.16. The highest BCUT2D eigenvalue weighted by Gasteiger charge is 2.35. The van der Waals surface area contributed by atoms with E-state index in [9.17, 15) is 4.79 Å². The van der Waals surface area contributed by atoms with E-state index in [1.807, 2.05) is 7.05 Å². The van der Waals surface area contributed by atoms with Gasteiger partial charge in [0.15, 0.2) is 5.96 Å². The number of hydrogen-bond acceptors (Lipinski definition) is 4. The summed E-state index contributed by atoms with van der Waals surface area (Å²) in [6, 6.07) is 0. The van der Waals surface area contributed by atoms with E-state index in [0.29, 0.717) is 17.8 Å². The number of carbonyl (C=O) groups excluding carboxylic acids is 1. The number of ether oxygens (including phenoxy) is 1. The average molecular weight is 408 g/mol. The summed E-state index contributed by atoms with van der Waals surface area (Å²) in [5, 5.41) is 6.50. The van der Waals surface area contributed by atoms with Crippen molar-refractivity contribution in [3.63, 3.8) is 0 Å². The Morgan fingerprint density at radius 3 is 2.41 bits per heavy atom. The lowest BCUT2D eigenvalue weighted by Gasteiger charge is -2.43. The van der Waals surface area contributed by atoms with Gasteiger partial charge in [-0.15, -0.1) is 0 Å². The predicted octanol–water partition coefficient (Wildman–Crippen LogP) is 1.69. The summed E-state index contributed by atoms with van der Waals surface area (Å²) in [5.74, 6) is 1.69. The van der Waals surface area contributed by atoms with Crippen LogP contribution in [0.1, 0.15) is 51.4 Å². The van der Waals surface area contributed by atoms with Gasteiger partial charge in [0.2, 0.25) is 5.91 Å². The van der Waals surface area contributed by atoms with Crippen molar-refractivity contribution < 1.29 is 9.53 Å². The second-order valence-corrected chi connectivity index (χ2v) is 9.16. The normalized spacial score (nSPS) is 24.3. The molecule has 3 rings (SSSR count). The third kappa shape index (κ3) is 6.57. The molecule has 29 heavy (non-hydrogen) atoms. The van der Waals surface area contributed by atoms with E-state index in [-0.39, 0.29) is 5.91 Å². The summed E-state index contributed by atoms with van der Waals surface area (Å²) in [4.78, 5) is 21.2. The summed E-state index contributed by atoms with van der Waals surface area (Å²) in [7, 11) is 3.62. The molecule has 7 nitrogen and oxygen atoms in total. The zero-order valence-electron chi connectivity index (χ0n) is 18.5. The molecule has 1 aliphatic carbocycles. The summed E-state index contributed by atoms with van der Waals surface area (Å²) in [5.41, 5.74) is 0.350. The van der Waals surface area contributed by atoms with E-state index in [2.05, 4.69) is 25.4 Å². The summed E-state index contributed by atoms with van der Waals surface area (Å²) >= 11 is 0. The first kappa shape index (κ1) is 22.3. The molecule has 0 unspecified atom stereocenters. The van der Waals surface area contributed by atoms with Crippen molar-refractivity contribution in [3.05, 3.63) is 0 Å². The van der Waals surface area contributed by atoms with Crippen LogP contribution in [0.3, 0.4) is 0 Å². The van der Waals surface area contributed by atoms with Crippen molar-refractivity contribution in [1.29, 1.82) is 0 Å². The molecule has 2 saturated heterocycles. The number of nitrogens with one attached hydrogen (secondary N) is 2. The fourth-order valence-corrected chi connectivity index (χ4v) is 5.24. The van der Waals surface area contributed by atoms with Crippen LogP contribution in [0, 0.1) is 11.3 Å². The van der Waals surface area contributed by atoms with Gasteiger partial charge >= 0.3 is 0 Å². The second kappa shape index (κ2) is 11.2. The third-order valence-corrected chi connectivity index (χ3v) is 7.08. The molecule has 0 atom stereocenters. The standard InChI is InChI=1S/C22H41N5O2/c1-23-20(28)16-19-6-10-27(11-7-19)21(24-2)25-17-22(8-4-3-5-9-22)18-26-12-14-29-15-13-26/h19H,3-18H2,1-2H3,(H,23,28)(H,24,25). The maximum absolute atomic E-state index is 11.7. The van der Waals surface area contributed by atoms with Crippen LogP contribution in [0.25, 0.3) is 0 Å². The molecule has 0 aromatic carbocycles. The maximum Gasteiger partial charge on any atom is 0.220 e. The number of guanidine groups is 1. The van der Waals surface area contributed by atoms with Crippen LogP contribution < -0.4 is 10.6 Å². The Kier molecular flexibility index (Phi) is 8.60. The van der Waals surface area contributed by atoms with Gasteiger partial charge in [0.25, 0.3) is 0 Å². The predicted molar refractivity (Wildman–Crippen MR) is 117 cm³/mol. The summed E-state index contributed by atoms with van der Waals surface area (Å²) in [6.45, 7) is 8.02. The molecular formula is C22H41N5O2. The number of morpholine rings is 1. The number of piperidine rings is 1. The van der Waals surface area contributed by atoms with Gasteiger partial charge in [-0.1, -0.05) is 19.3 Å². The minimum atomic E-state index is 0.160. The smallest absolute Gasteiger partial charge is 0.220 e. The van der Waals surface area contributed by atoms with Gasteiger partial charge in [-0.25, -0.2) is 0 Å². The van der Waals surface area contributed by atoms with Crippen molar-refractivity contribution >= 4 is 11.9 Å². The van der Waals surface area contributed by atoms with E-state index < -0.39 is 0 Å². The number of amides is 1.